The molecule has 2 aromatic carbocycles. The van der Waals surface area contributed by atoms with E-state index < -0.39 is 0 Å². The number of rotatable bonds is 4. The van der Waals surface area contributed by atoms with Gasteiger partial charge in [0, 0.05) is 0 Å². The zero-order valence-corrected chi connectivity index (χ0v) is 32.9. The first-order chi connectivity index (χ1) is 18.8. The van der Waals surface area contributed by atoms with Gasteiger partial charge in [-0.25, -0.2) is 0 Å². The van der Waals surface area contributed by atoms with E-state index in [2.05, 4.69) is 164 Å². The molecule has 0 nitrogen and oxygen atoms in total. The fourth-order valence-corrected chi connectivity index (χ4v) is 7.01. The predicted octanol–water partition coefficient (Wildman–Crippen LogP) is 12.9. The average molecular weight is 589 g/mol. The molecule has 0 aliphatic heterocycles. The van der Waals surface area contributed by atoms with E-state index in [1.807, 2.05) is 0 Å². The smallest absolute Gasteiger partial charge is 0.0126 e. The zero-order valence-electron chi connectivity index (χ0n) is 32.9. The van der Waals surface area contributed by atoms with Crippen molar-refractivity contribution in [1.29, 1.82) is 0 Å². The predicted molar refractivity (Wildman–Crippen MR) is 196 cm³/mol. The molecule has 0 N–H and O–H groups in total. The first kappa shape index (κ1) is 37.6. The molecule has 2 aromatic rings. The molecule has 0 radical (unpaired) electrons. The van der Waals surface area contributed by atoms with Crippen molar-refractivity contribution >= 4 is 0 Å². The molecule has 0 aliphatic rings. The van der Waals surface area contributed by atoms with Crippen LogP contribution >= 0.6 is 0 Å². The van der Waals surface area contributed by atoms with E-state index >= 15 is 0 Å². The Kier molecular flexibility index (Phi) is 10.2. The highest BCUT2D eigenvalue weighted by Crippen LogP contribution is 2.47. The van der Waals surface area contributed by atoms with Crippen LogP contribution in [-0.2, 0) is 50.7 Å². The van der Waals surface area contributed by atoms with Gasteiger partial charge in [-0.15, -0.1) is 0 Å². The monoisotopic (exact) mass is 589 g/mol. The molecular formula is C43H72. The maximum absolute atomic E-state index is 2.62. The second kappa shape index (κ2) is 11.7. The molecule has 0 unspecified atom stereocenters. The Bertz CT molecular complexity index is 1240. The fraction of sp³-hybridized carbons (Fsp3) is 0.721. The second-order valence-corrected chi connectivity index (χ2v) is 20.9. The molecule has 0 saturated heterocycles. The highest BCUT2D eigenvalue weighted by Gasteiger charge is 2.37. The van der Waals surface area contributed by atoms with Crippen LogP contribution in [0.15, 0.2) is 18.2 Å². The number of hydrogen-bond donors (Lipinski definition) is 0. The average Bonchev–Trinajstić information content (AvgIpc) is 2.73. The number of benzene rings is 2. The van der Waals surface area contributed by atoms with E-state index in [0.717, 1.165) is 19.3 Å². The highest BCUT2D eigenvalue weighted by atomic mass is 14.4. The summed E-state index contributed by atoms with van der Waals surface area (Å²) in [6.07, 6.45) is 3.38. The van der Waals surface area contributed by atoms with Crippen LogP contribution in [-0.4, -0.2) is 0 Å². The van der Waals surface area contributed by atoms with Crippen molar-refractivity contribution in [2.45, 2.75) is 203 Å². The Balaban J connectivity index is 2.91. The van der Waals surface area contributed by atoms with Crippen LogP contribution in [0.1, 0.15) is 202 Å². The van der Waals surface area contributed by atoms with Crippen LogP contribution in [0.25, 0.3) is 0 Å². The van der Waals surface area contributed by atoms with Crippen molar-refractivity contribution in [3.05, 3.63) is 68.3 Å². The third-order valence-corrected chi connectivity index (χ3v) is 9.14. The lowest BCUT2D eigenvalue weighted by molar-refractivity contribution is 0.483. The maximum atomic E-state index is 2.62. The molecule has 0 saturated carbocycles. The molecular weight excluding hydrogens is 516 g/mol. The van der Waals surface area contributed by atoms with Gasteiger partial charge in [0.05, 0.1) is 0 Å². The van der Waals surface area contributed by atoms with E-state index in [0.29, 0.717) is 0 Å². The first-order valence-electron chi connectivity index (χ1n) is 17.2. The summed E-state index contributed by atoms with van der Waals surface area (Å²) in [4.78, 5) is 0. The van der Waals surface area contributed by atoms with Crippen LogP contribution in [0.5, 0.6) is 0 Å². The lowest BCUT2D eigenvalue weighted by Gasteiger charge is -2.41. The van der Waals surface area contributed by atoms with Crippen LogP contribution in [0, 0.1) is 0 Å². The molecule has 0 aliphatic carbocycles. The fourth-order valence-electron chi connectivity index (χ4n) is 7.01. The summed E-state index contributed by atoms with van der Waals surface area (Å²) in [5.74, 6) is 0. The summed E-state index contributed by atoms with van der Waals surface area (Å²) in [5, 5.41) is 0. The summed E-state index contributed by atoms with van der Waals surface area (Å²) in [5.41, 5.74) is 14.6. The lowest BCUT2D eigenvalue weighted by atomic mass is 9.64. The van der Waals surface area contributed by atoms with Crippen molar-refractivity contribution in [2.24, 2.45) is 0 Å². The Labute approximate surface area is 270 Å². The first-order valence-corrected chi connectivity index (χ1v) is 17.2. The van der Waals surface area contributed by atoms with Crippen molar-refractivity contribution < 1.29 is 0 Å². The normalized spacial score (nSPS) is 14.4. The standard InChI is InChI=1S/C43H72/c1-37(2,3)28-25-31(38(4,5)6)29(32(26-28)39(7,8)9)23-22-24-30-33(40(10,11)12)27-34(41(13,14)15)36(43(19,20)21)35(30)42(16,17)18/h25-27H,22-24H2,1-21H3. The Morgan fingerprint density at radius 1 is 0.326 bits per heavy atom. The Morgan fingerprint density at radius 3 is 0.953 bits per heavy atom. The minimum atomic E-state index is 0.0563. The third-order valence-electron chi connectivity index (χ3n) is 9.14. The van der Waals surface area contributed by atoms with Crippen molar-refractivity contribution in [3.8, 4) is 0 Å². The third kappa shape index (κ3) is 8.79. The molecule has 0 fully saturated rings. The molecule has 244 valence electrons. The maximum Gasteiger partial charge on any atom is -0.0126 e. The molecule has 0 heteroatoms. The van der Waals surface area contributed by atoms with E-state index in [-0.39, 0.29) is 37.9 Å². The zero-order chi connectivity index (χ0) is 33.9. The quantitative estimate of drug-likeness (QED) is 0.333. The van der Waals surface area contributed by atoms with E-state index in [9.17, 15) is 0 Å². The highest BCUT2D eigenvalue weighted by molar-refractivity contribution is 5.56. The second-order valence-electron chi connectivity index (χ2n) is 20.9. The van der Waals surface area contributed by atoms with E-state index in [4.69, 9.17) is 0 Å². The van der Waals surface area contributed by atoms with Gasteiger partial charge in [-0.2, -0.15) is 0 Å². The summed E-state index contributed by atoms with van der Waals surface area (Å²) < 4.78 is 0. The van der Waals surface area contributed by atoms with Gasteiger partial charge in [0.1, 0.15) is 0 Å². The molecule has 43 heavy (non-hydrogen) atoms. The molecule has 0 atom stereocenters. The minimum absolute atomic E-state index is 0.0563. The largest absolute Gasteiger partial charge is 0.0561 e. The van der Waals surface area contributed by atoms with Crippen molar-refractivity contribution in [1.82, 2.24) is 0 Å². The van der Waals surface area contributed by atoms with Gasteiger partial charge in [0.25, 0.3) is 0 Å². The van der Waals surface area contributed by atoms with Crippen LogP contribution < -0.4 is 0 Å². The topological polar surface area (TPSA) is 0 Å². The summed E-state index contributed by atoms with van der Waals surface area (Å²) >= 11 is 0. The molecule has 0 spiro atoms. The number of hydrogen-bond acceptors (Lipinski definition) is 0. The molecule has 0 heterocycles. The van der Waals surface area contributed by atoms with Crippen LogP contribution in [0.3, 0.4) is 0 Å². The van der Waals surface area contributed by atoms with Gasteiger partial charge in [-0.3, -0.25) is 0 Å². The Morgan fingerprint density at radius 2 is 0.651 bits per heavy atom. The van der Waals surface area contributed by atoms with Gasteiger partial charge in [-0.05, 0) is 107 Å². The van der Waals surface area contributed by atoms with Crippen molar-refractivity contribution in [3.63, 3.8) is 0 Å². The Hall–Kier alpha value is -1.56. The SMILES string of the molecule is CC(C)(C)c1cc(C(C)(C)C)c(CCCc2c(C(C)(C)C)cc(C(C)(C)C)c(C(C)(C)C)c2C(C)(C)C)c(C(C)(C)C)c1. The molecule has 0 amide bonds. The van der Waals surface area contributed by atoms with Gasteiger partial charge >= 0.3 is 0 Å². The molecule has 2 rings (SSSR count). The summed E-state index contributed by atoms with van der Waals surface area (Å²) in [7, 11) is 0. The van der Waals surface area contributed by atoms with Gasteiger partial charge < -0.3 is 0 Å². The van der Waals surface area contributed by atoms with Crippen LogP contribution in [0.2, 0.25) is 0 Å². The summed E-state index contributed by atoms with van der Waals surface area (Å²) in [6.45, 7) is 50.6. The van der Waals surface area contributed by atoms with E-state index in [1.54, 1.807) is 27.8 Å². The van der Waals surface area contributed by atoms with E-state index in [1.165, 1.54) is 22.3 Å². The van der Waals surface area contributed by atoms with Crippen LogP contribution in [0.4, 0.5) is 0 Å². The van der Waals surface area contributed by atoms with Gasteiger partial charge in [0.15, 0.2) is 0 Å². The minimum Gasteiger partial charge on any atom is -0.0561 e. The molecule has 0 bridgehead atoms. The molecule has 0 aromatic heterocycles. The van der Waals surface area contributed by atoms with Crippen molar-refractivity contribution in [2.75, 3.05) is 0 Å². The lowest BCUT2D eigenvalue weighted by Crippen LogP contribution is -2.32. The summed E-state index contributed by atoms with van der Waals surface area (Å²) in [6, 6.07) is 7.70. The van der Waals surface area contributed by atoms with Gasteiger partial charge in [-0.1, -0.05) is 164 Å². The van der Waals surface area contributed by atoms with Gasteiger partial charge in [0.2, 0.25) is 0 Å².